The highest BCUT2D eigenvalue weighted by molar-refractivity contribution is 7.92. The van der Waals surface area contributed by atoms with Crippen LogP contribution in [0.2, 0.25) is 0 Å². The molecule has 0 saturated carbocycles. The summed E-state index contributed by atoms with van der Waals surface area (Å²) >= 11 is 0. The Hall–Kier alpha value is -2.38. The topological polar surface area (TPSA) is 75.7 Å². The van der Waals surface area contributed by atoms with Crippen molar-refractivity contribution in [3.8, 4) is 0 Å². The van der Waals surface area contributed by atoms with E-state index in [-0.39, 0.29) is 17.3 Å². The Kier molecular flexibility index (Phi) is 7.17. The van der Waals surface area contributed by atoms with Crippen molar-refractivity contribution in [3.63, 3.8) is 0 Å². The van der Waals surface area contributed by atoms with Crippen molar-refractivity contribution in [1.82, 2.24) is 5.32 Å². The van der Waals surface area contributed by atoms with E-state index < -0.39 is 10.0 Å². The molecule has 26 heavy (non-hydrogen) atoms. The molecule has 0 heterocycles. The van der Waals surface area contributed by atoms with Gasteiger partial charge in [-0.05, 0) is 43.2 Å². The second-order valence-corrected chi connectivity index (χ2v) is 7.72. The maximum atomic E-state index is 13.1. The van der Waals surface area contributed by atoms with Gasteiger partial charge < -0.3 is 10.1 Å². The molecule has 6 nitrogen and oxygen atoms in total. The smallest absolute Gasteiger partial charge is 0.264 e. The molecule has 0 aliphatic rings. The lowest BCUT2D eigenvalue weighted by atomic mass is 10.2. The molecule has 0 aliphatic carbocycles. The summed E-state index contributed by atoms with van der Waals surface area (Å²) in [4.78, 5) is 12.4. The number of nitrogens with zero attached hydrogens (tertiary/aromatic N) is 1. The van der Waals surface area contributed by atoms with Crippen molar-refractivity contribution < 1.29 is 17.9 Å². The zero-order valence-electron chi connectivity index (χ0n) is 15.0. The van der Waals surface area contributed by atoms with Gasteiger partial charge in [-0.1, -0.05) is 30.3 Å². The van der Waals surface area contributed by atoms with Crippen molar-refractivity contribution in [1.29, 1.82) is 0 Å². The van der Waals surface area contributed by atoms with Gasteiger partial charge in [0.25, 0.3) is 10.0 Å². The van der Waals surface area contributed by atoms with Crippen LogP contribution in [0.5, 0.6) is 0 Å². The summed E-state index contributed by atoms with van der Waals surface area (Å²) in [6.07, 6.45) is 0.665. The zero-order chi connectivity index (χ0) is 19.0. The molecule has 0 atom stereocenters. The maximum Gasteiger partial charge on any atom is 0.264 e. The second-order valence-electron chi connectivity index (χ2n) is 5.86. The van der Waals surface area contributed by atoms with E-state index in [9.17, 15) is 13.2 Å². The Labute approximate surface area is 154 Å². The Morgan fingerprint density at radius 2 is 1.85 bits per heavy atom. The van der Waals surface area contributed by atoms with Gasteiger partial charge >= 0.3 is 0 Å². The lowest BCUT2D eigenvalue weighted by Gasteiger charge is -2.24. The van der Waals surface area contributed by atoms with Crippen molar-refractivity contribution in [2.45, 2.75) is 18.2 Å². The lowest BCUT2D eigenvalue weighted by molar-refractivity contribution is -0.119. The summed E-state index contributed by atoms with van der Waals surface area (Å²) in [5.41, 5.74) is 1.37. The van der Waals surface area contributed by atoms with E-state index in [1.54, 1.807) is 43.5 Å². The molecule has 0 bridgehead atoms. The molecule has 2 aromatic carbocycles. The number of hydrogen-bond donors (Lipinski definition) is 1. The highest BCUT2D eigenvalue weighted by Crippen LogP contribution is 2.24. The number of hydrogen-bond acceptors (Lipinski definition) is 4. The molecule has 0 fully saturated rings. The third-order valence-electron chi connectivity index (χ3n) is 3.76. The summed E-state index contributed by atoms with van der Waals surface area (Å²) < 4.78 is 32.2. The van der Waals surface area contributed by atoms with Crippen LogP contribution in [-0.4, -0.2) is 41.1 Å². The summed E-state index contributed by atoms with van der Waals surface area (Å²) in [5.74, 6) is -0.359. The van der Waals surface area contributed by atoms with Crippen LogP contribution in [-0.2, 0) is 19.6 Å². The quantitative estimate of drug-likeness (QED) is 0.682. The van der Waals surface area contributed by atoms with Crippen molar-refractivity contribution >= 4 is 21.6 Å². The fourth-order valence-corrected chi connectivity index (χ4v) is 3.88. The molecule has 0 saturated heterocycles. The highest BCUT2D eigenvalue weighted by Gasteiger charge is 2.26. The van der Waals surface area contributed by atoms with E-state index in [1.165, 1.54) is 12.1 Å². The summed E-state index contributed by atoms with van der Waals surface area (Å²) in [5, 5.41) is 2.73. The number of carbonyl (C=O) groups excluding carboxylic acids is 1. The van der Waals surface area contributed by atoms with Gasteiger partial charge in [-0.25, -0.2) is 8.42 Å². The van der Waals surface area contributed by atoms with Crippen molar-refractivity contribution in [2.24, 2.45) is 0 Å². The first-order valence-corrected chi connectivity index (χ1v) is 9.79. The first-order chi connectivity index (χ1) is 12.4. The number of amides is 1. The molecule has 7 heteroatoms. The Morgan fingerprint density at radius 3 is 2.50 bits per heavy atom. The zero-order valence-corrected chi connectivity index (χ0v) is 15.8. The third kappa shape index (κ3) is 5.31. The number of rotatable bonds is 9. The molecule has 0 aliphatic heterocycles. The molecule has 0 radical (unpaired) electrons. The van der Waals surface area contributed by atoms with E-state index in [1.807, 2.05) is 13.0 Å². The average Bonchev–Trinajstić information content (AvgIpc) is 2.64. The predicted octanol–water partition coefficient (Wildman–Crippen LogP) is 2.34. The van der Waals surface area contributed by atoms with Gasteiger partial charge in [-0.3, -0.25) is 9.10 Å². The number of benzene rings is 2. The number of carbonyl (C=O) groups is 1. The van der Waals surface area contributed by atoms with Crippen LogP contribution in [0.4, 0.5) is 5.69 Å². The molecule has 0 spiro atoms. The molecular weight excluding hydrogens is 352 g/mol. The number of aryl methyl sites for hydroxylation is 1. The highest BCUT2D eigenvalue weighted by atomic mass is 32.2. The first kappa shape index (κ1) is 19.9. The number of sulfonamides is 1. The Bertz CT molecular complexity index is 822. The third-order valence-corrected chi connectivity index (χ3v) is 5.54. The largest absolute Gasteiger partial charge is 0.385 e. The normalized spacial score (nSPS) is 11.2. The van der Waals surface area contributed by atoms with Crippen LogP contribution in [0.15, 0.2) is 59.5 Å². The van der Waals surface area contributed by atoms with E-state index in [4.69, 9.17) is 4.74 Å². The predicted molar refractivity (Wildman–Crippen MR) is 102 cm³/mol. The number of nitrogens with one attached hydrogen (secondary N) is 1. The van der Waals surface area contributed by atoms with Gasteiger partial charge in [0.2, 0.25) is 5.91 Å². The van der Waals surface area contributed by atoms with E-state index >= 15 is 0 Å². The molecule has 1 N–H and O–H groups in total. The lowest BCUT2D eigenvalue weighted by Crippen LogP contribution is -2.41. The van der Waals surface area contributed by atoms with Gasteiger partial charge in [0, 0.05) is 20.3 Å². The Morgan fingerprint density at radius 1 is 1.12 bits per heavy atom. The number of methoxy groups -OCH3 is 1. The van der Waals surface area contributed by atoms with E-state index in [2.05, 4.69) is 5.32 Å². The second kappa shape index (κ2) is 9.35. The number of anilines is 1. The summed E-state index contributed by atoms with van der Waals surface area (Å²) in [6, 6.07) is 15.2. The van der Waals surface area contributed by atoms with Gasteiger partial charge in [0.15, 0.2) is 0 Å². The van der Waals surface area contributed by atoms with Gasteiger partial charge in [0.05, 0.1) is 10.6 Å². The molecule has 0 aromatic heterocycles. The summed E-state index contributed by atoms with van der Waals surface area (Å²) in [7, 11) is -2.26. The SMILES string of the molecule is COCCCNC(=O)CN(c1cccc(C)c1)S(=O)(=O)c1ccccc1. The molecule has 140 valence electrons. The van der Waals surface area contributed by atoms with Crippen LogP contribution >= 0.6 is 0 Å². The minimum atomic E-state index is -3.85. The van der Waals surface area contributed by atoms with Crippen LogP contribution in [0.25, 0.3) is 0 Å². The summed E-state index contributed by atoms with van der Waals surface area (Å²) in [6.45, 7) is 2.55. The number of ether oxygens (including phenoxy) is 1. The average molecular weight is 376 g/mol. The molecule has 0 unspecified atom stereocenters. The van der Waals surface area contributed by atoms with E-state index in [0.717, 1.165) is 9.87 Å². The van der Waals surface area contributed by atoms with Crippen LogP contribution in [0.3, 0.4) is 0 Å². The minimum absolute atomic E-state index is 0.147. The molecule has 2 rings (SSSR count). The monoisotopic (exact) mass is 376 g/mol. The molecule has 2 aromatic rings. The van der Waals surface area contributed by atoms with Crippen molar-refractivity contribution in [2.75, 3.05) is 31.1 Å². The molecule has 1 amide bonds. The maximum absolute atomic E-state index is 13.1. The fourth-order valence-electron chi connectivity index (χ4n) is 2.45. The van der Waals surface area contributed by atoms with Gasteiger partial charge in [0.1, 0.15) is 6.54 Å². The van der Waals surface area contributed by atoms with Crippen molar-refractivity contribution in [3.05, 3.63) is 60.2 Å². The van der Waals surface area contributed by atoms with Gasteiger partial charge in [-0.2, -0.15) is 0 Å². The van der Waals surface area contributed by atoms with Gasteiger partial charge in [-0.15, -0.1) is 0 Å². The molecular formula is C19H24N2O4S. The minimum Gasteiger partial charge on any atom is -0.385 e. The fraction of sp³-hybridized carbons (Fsp3) is 0.316. The van der Waals surface area contributed by atoms with E-state index in [0.29, 0.717) is 25.3 Å². The standard InChI is InChI=1S/C19H24N2O4S/c1-16-8-6-9-17(14-16)21(15-19(22)20-12-7-13-25-2)26(23,24)18-10-4-3-5-11-18/h3-6,8-11,14H,7,12-13,15H2,1-2H3,(H,20,22). The van der Waals surface area contributed by atoms with Crippen LogP contribution in [0.1, 0.15) is 12.0 Å². The first-order valence-electron chi connectivity index (χ1n) is 8.35. The van der Waals surface area contributed by atoms with Crippen LogP contribution < -0.4 is 9.62 Å². The van der Waals surface area contributed by atoms with Crippen LogP contribution in [0, 0.1) is 6.92 Å². The Balaban J connectivity index is 2.27.